The van der Waals surface area contributed by atoms with Crippen LogP contribution in [0.25, 0.3) is 0 Å². The number of carboxylic acid groups (broad SMARTS) is 1. The molecular weight excluding hydrogens is 497 g/mol. The molecule has 0 aromatic heterocycles. The lowest BCUT2D eigenvalue weighted by Gasteiger charge is -2.48. The van der Waals surface area contributed by atoms with Gasteiger partial charge in [0.25, 0.3) is 0 Å². The van der Waals surface area contributed by atoms with Crippen molar-refractivity contribution in [2.45, 2.75) is 50.6 Å². The predicted octanol–water partition coefficient (Wildman–Crippen LogP) is 5.35. The van der Waals surface area contributed by atoms with Gasteiger partial charge in [0.1, 0.15) is 9.84 Å². The maximum absolute atomic E-state index is 13.7. The molecule has 1 fully saturated rings. The van der Waals surface area contributed by atoms with E-state index in [0.717, 1.165) is 11.1 Å². The number of benzene rings is 2. The molecule has 1 aliphatic heterocycles. The fourth-order valence-electron chi connectivity index (χ4n) is 4.86. The summed E-state index contributed by atoms with van der Waals surface area (Å²) in [7, 11) is -3.24. The third kappa shape index (κ3) is 6.52. The molecule has 1 saturated heterocycles. The van der Waals surface area contributed by atoms with Gasteiger partial charge in [0.15, 0.2) is 0 Å². The minimum absolute atomic E-state index is 0.0615. The molecule has 1 aliphatic rings. The van der Waals surface area contributed by atoms with Gasteiger partial charge < -0.3 is 10.0 Å². The summed E-state index contributed by atoms with van der Waals surface area (Å²) in [6.45, 7) is 1.91. The molecule has 1 heterocycles. The fourth-order valence-corrected chi connectivity index (χ4v) is 5.89. The molecule has 0 bridgehead atoms. The van der Waals surface area contributed by atoms with Gasteiger partial charge in [-0.2, -0.15) is 0 Å². The van der Waals surface area contributed by atoms with Gasteiger partial charge in [0, 0.05) is 34.2 Å². The number of hydrogen-bond acceptors (Lipinski definition) is 4. The van der Waals surface area contributed by atoms with Gasteiger partial charge >= 0.3 is 5.97 Å². The van der Waals surface area contributed by atoms with Crippen molar-refractivity contribution in [3.63, 3.8) is 0 Å². The second-order valence-electron chi connectivity index (χ2n) is 8.91. The molecule has 34 heavy (non-hydrogen) atoms. The lowest BCUT2D eigenvalue weighted by atomic mass is 9.74. The molecule has 0 radical (unpaired) electrons. The van der Waals surface area contributed by atoms with Crippen LogP contribution < -0.4 is 0 Å². The Morgan fingerprint density at radius 3 is 2.35 bits per heavy atom. The molecule has 0 saturated carbocycles. The highest BCUT2D eigenvalue weighted by molar-refractivity contribution is 7.90. The van der Waals surface area contributed by atoms with Crippen molar-refractivity contribution in [2.75, 3.05) is 12.0 Å². The van der Waals surface area contributed by atoms with Crippen molar-refractivity contribution in [3.05, 3.63) is 69.7 Å². The van der Waals surface area contributed by atoms with E-state index in [2.05, 4.69) is 0 Å². The first-order chi connectivity index (χ1) is 16.0. The molecule has 3 rings (SSSR count). The minimum atomic E-state index is -3.24. The standard InChI is InChI=1S/C25H29Cl2NO5S/c1-3-21(11-12-34(2,32)33)28-24(16-7-9-19(26)10-8-16)22(17-5-4-6-20(27)13-17)14-18(25(28)31)15-23(29)30/h4-10,13,18,21-22,24H,3,11-12,14-15H2,1-2H3,(H,29,30)/t18-,21+,22-,24?/m1/s1. The quantitative estimate of drug-likeness (QED) is 0.475. The topological polar surface area (TPSA) is 91.8 Å². The van der Waals surface area contributed by atoms with E-state index in [-0.39, 0.29) is 36.5 Å². The normalized spacial score (nSPS) is 21.9. The molecule has 1 N–H and O–H groups in total. The SMILES string of the molecule is CC[C@@H](CCS(C)(=O)=O)N1C(=O)[C@@H](CC(=O)O)C[C@H](c2cccc(Cl)c2)C1c1ccc(Cl)cc1. The Balaban J connectivity index is 2.16. The minimum Gasteiger partial charge on any atom is -0.481 e. The third-order valence-electron chi connectivity index (χ3n) is 6.42. The highest BCUT2D eigenvalue weighted by atomic mass is 35.5. The Morgan fingerprint density at radius 1 is 1.12 bits per heavy atom. The number of rotatable bonds is 9. The van der Waals surface area contributed by atoms with Gasteiger partial charge in [-0.05, 0) is 54.7 Å². The van der Waals surface area contributed by atoms with Gasteiger partial charge in [0.05, 0.1) is 18.2 Å². The van der Waals surface area contributed by atoms with Crippen LogP contribution in [0.1, 0.15) is 55.7 Å². The third-order valence-corrected chi connectivity index (χ3v) is 7.88. The van der Waals surface area contributed by atoms with Gasteiger partial charge in [-0.15, -0.1) is 0 Å². The average Bonchev–Trinajstić information content (AvgIpc) is 2.76. The summed E-state index contributed by atoms with van der Waals surface area (Å²) in [6.07, 6.45) is 2.04. The zero-order valence-corrected chi connectivity index (χ0v) is 21.5. The Bertz CT molecular complexity index is 1140. The number of piperidine rings is 1. The van der Waals surface area contributed by atoms with Gasteiger partial charge in [0.2, 0.25) is 5.91 Å². The molecule has 2 aromatic rings. The first-order valence-electron chi connectivity index (χ1n) is 11.2. The summed E-state index contributed by atoms with van der Waals surface area (Å²) >= 11 is 12.4. The first kappa shape index (κ1) is 26.5. The maximum atomic E-state index is 13.7. The number of amides is 1. The van der Waals surface area contributed by atoms with E-state index in [0.29, 0.717) is 22.9 Å². The number of carbonyl (C=O) groups excluding carboxylic acids is 1. The van der Waals surface area contributed by atoms with Crippen LogP contribution in [-0.4, -0.2) is 48.4 Å². The van der Waals surface area contributed by atoms with Crippen LogP contribution in [-0.2, 0) is 19.4 Å². The zero-order valence-electron chi connectivity index (χ0n) is 19.2. The predicted molar refractivity (Wildman–Crippen MR) is 134 cm³/mol. The van der Waals surface area contributed by atoms with E-state index >= 15 is 0 Å². The monoisotopic (exact) mass is 525 g/mol. The van der Waals surface area contributed by atoms with Crippen LogP contribution in [0, 0.1) is 5.92 Å². The van der Waals surface area contributed by atoms with Gasteiger partial charge in [-0.3, -0.25) is 9.59 Å². The van der Waals surface area contributed by atoms with Crippen LogP contribution in [0.4, 0.5) is 0 Å². The lowest BCUT2D eigenvalue weighted by molar-refractivity contribution is -0.152. The van der Waals surface area contributed by atoms with E-state index in [1.807, 2.05) is 37.3 Å². The zero-order chi connectivity index (χ0) is 25.0. The van der Waals surface area contributed by atoms with Gasteiger partial charge in [-0.25, -0.2) is 8.42 Å². The number of nitrogens with zero attached hydrogens (tertiary/aromatic N) is 1. The largest absolute Gasteiger partial charge is 0.481 e. The number of sulfone groups is 1. The molecule has 184 valence electrons. The lowest BCUT2D eigenvalue weighted by Crippen LogP contribution is -2.52. The Kier molecular flexibility index (Phi) is 8.66. The molecule has 0 spiro atoms. The molecule has 6 nitrogen and oxygen atoms in total. The first-order valence-corrected chi connectivity index (χ1v) is 14.0. The maximum Gasteiger partial charge on any atom is 0.304 e. The Morgan fingerprint density at radius 2 is 1.79 bits per heavy atom. The van der Waals surface area contributed by atoms with Crippen LogP contribution in [0.15, 0.2) is 48.5 Å². The molecule has 1 unspecified atom stereocenters. The van der Waals surface area contributed by atoms with Crippen molar-refractivity contribution in [1.29, 1.82) is 0 Å². The molecular formula is C25H29Cl2NO5S. The number of likely N-dealkylation sites (tertiary alicyclic amines) is 1. The molecule has 0 aliphatic carbocycles. The summed E-state index contributed by atoms with van der Waals surface area (Å²) in [5.74, 6) is -2.32. The number of aliphatic carboxylic acids is 1. The molecule has 2 aromatic carbocycles. The summed E-state index contributed by atoms with van der Waals surface area (Å²) in [4.78, 5) is 27.1. The number of halogens is 2. The van der Waals surface area contributed by atoms with Crippen molar-refractivity contribution in [3.8, 4) is 0 Å². The van der Waals surface area contributed by atoms with Crippen LogP contribution in [0.3, 0.4) is 0 Å². The van der Waals surface area contributed by atoms with E-state index < -0.39 is 27.8 Å². The smallest absolute Gasteiger partial charge is 0.304 e. The van der Waals surface area contributed by atoms with Crippen molar-refractivity contribution in [1.82, 2.24) is 4.90 Å². The van der Waals surface area contributed by atoms with E-state index in [9.17, 15) is 23.1 Å². The molecule has 9 heteroatoms. The Labute approximate surface area is 210 Å². The van der Waals surface area contributed by atoms with Gasteiger partial charge in [-0.1, -0.05) is 54.4 Å². The van der Waals surface area contributed by atoms with E-state index in [1.165, 1.54) is 6.26 Å². The molecule has 1 amide bonds. The van der Waals surface area contributed by atoms with E-state index in [4.69, 9.17) is 23.2 Å². The van der Waals surface area contributed by atoms with E-state index in [1.54, 1.807) is 23.1 Å². The number of hydrogen-bond donors (Lipinski definition) is 1. The summed E-state index contributed by atoms with van der Waals surface area (Å²) in [6, 6.07) is 13.8. The fraction of sp³-hybridized carbons (Fsp3) is 0.440. The number of carboxylic acids is 1. The highest BCUT2D eigenvalue weighted by Gasteiger charge is 2.46. The number of carbonyl (C=O) groups is 2. The Hall–Kier alpha value is -2.09. The summed E-state index contributed by atoms with van der Waals surface area (Å²) in [5, 5.41) is 10.6. The summed E-state index contributed by atoms with van der Waals surface area (Å²) in [5.41, 5.74) is 1.76. The second kappa shape index (κ2) is 11.1. The average molecular weight is 526 g/mol. The second-order valence-corrected chi connectivity index (χ2v) is 12.0. The van der Waals surface area contributed by atoms with Crippen LogP contribution >= 0.6 is 23.2 Å². The van der Waals surface area contributed by atoms with Crippen molar-refractivity contribution < 1.29 is 23.1 Å². The van der Waals surface area contributed by atoms with Crippen molar-refractivity contribution >= 4 is 44.9 Å². The molecule has 4 atom stereocenters. The van der Waals surface area contributed by atoms with Crippen molar-refractivity contribution in [2.24, 2.45) is 5.92 Å². The van der Waals surface area contributed by atoms with Crippen LogP contribution in [0.2, 0.25) is 10.0 Å². The highest BCUT2D eigenvalue weighted by Crippen LogP contribution is 2.48. The van der Waals surface area contributed by atoms with Crippen LogP contribution in [0.5, 0.6) is 0 Å². The summed E-state index contributed by atoms with van der Waals surface area (Å²) < 4.78 is 23.9.